The van der Waals surface area contributed by atoms with Gasteiger partial charge in [-0.3, -0.25) is 0 Å². The van der Waals surface area contributed by atoms with Crippen LogP contribution in [-0.4, -0.2) is 46.1 Å². The van der Waals surface area contributed by atoms with E-state index in [-0.39, 0.29) is 18.2 Å². The van der Waals surface area contributed by atoms with Gasteiger partial charge in [0.1, 0.15) is 5.75 Å². The third kappa shape index (κ3) is 6.44. The third-order valence-electron chi connectivity index (χ3n) is 5.86. The molecule has 1 fully saturated rings. The average molecular weight is 411 g/mol. The van der Waals surface area contributed by atoms with Crippen molar-refractivity contribution in [1.29, 1.82) is 0 Å². The van der Waals surface area contributed by atoms with Gasteiger partial charge in [-0.15, -0.1) is 0 Å². The zero-order valence-electron chi connectivity index (χ0n) is 16.8. The lowest BCUT2D eigenvalue weighted by atomic mass is 9.82. The summed E-state index contributed by atoms with van der Waals surface area (Å²) >= 11 is 0. The Hall–Kier alpha value is -1.15. The van der Waals surface area contributed by atoms with E-state index >= 15 is 0 Å². The second-order valence-electron chi connectivity index (χ2n) is 8.20. The van der Waals surface area contributed by atoms with Crippen LogP contribution >= 0.6 is 0 Å². The zero-order chi connectivity index (χ0) is 20.0. The van der Waals surface area contributed by atoms with Crippen LogP contribution in [0.1, 0.15) is 62.8 Å². The standard InChI is InChI=1S/C21H34N2O4S/c1-28(24,25)23-20-8-3-2-6-14-26-21-9-5-4-7-18(21)16-10-12-17(13-11-16)27-15-19(20)22/h4-5,7,9,16-17,19-20,23H,2-3,6,8,10-15,22H2,1H3/t16?,17?,19-,20-/m0/s1. The summed E-state index contributed by atoms with van der Waals surface area (Å²) in [6.07, 6.45) is 9.05. The highest BCUT2D eigenvalue weighted by Crippen LogP contribution is 2.38. The van der Waals surface area contributed by atoms with Gasteiger partial charge in [-0.1, -0.05) is 31.0 Å². The Labute approximate surface area is 169 Å². The number of para-hydroxylation sites is 1. The average Bonchev–Trinajstić information content (AvgIpc) is 2.67. The monoisotopic (exact) mass is 410 g/mol. The second-order valence-corrected chi connectivity index (χ2v) is 9.98. The maximum Gasteiger partial charge on any atom is 0.209 e. The van der Waals surface area contributed by atoms with Gasteiger partial charge in [0.05, 0.1) is 25.6 Å². The highest BCUT2D eigenvalue weighted by atomic mass is 32.2. The lowest BCUT2D eigenvalue weighted by molar-refractivity contribution is 0.0130. The molecule has 1 aromatic carbocycles. The molecule has 2 bridgehead atoms. The van der Waals surface area contributed by atoms with E-state index in [4.69, 9.17) is 15.2 Å². The van der Waals surface area contributed by atoms with Gasteiger partial charge >= 0.3 is 0 Å². The fourth-order valence-corrected chi connectivity index (χ4v) is 5.16. The van der Waals surface area contributed by atoms with Gasteiger partial charge in [0.15, 0.2) is 0 Å². The first-order valence-corrected chi connectivity index (χ1v) is 12.4. The Kier molecular flexibility index (Phi) is 7.74. The summed E-state index contributed by atoms with van der Waals surface area (Å²) in [5.41, 5.74) is 7.63. The van der Waals surface area contributed by atoms with Gasteiger partial charge in [-0.25, -0.2) is 13.1 Å². The zero-order valence-corrected chi connectivity index (χ0v) is 17.6. The van der Waals surface area contributed by atoms with Crippen molar-refractivity contribution in [3.8, 4) is 5.75 Å². The molecule has 0 amide bonds. The molecule has 0 unspecified atom stereocenters. The second kappa shape index (κ2) is 10.1. The van der Waals surface area contributed by atoms with E-state index in [0.29, 0.717) is 25.6 Å². The molecule has 3 aliphatic rings. The molecular weight excluding hydrogens is 376 g/mol. The first kappa shape index (κ1) is 21.6. The van der Waals surface area contributed by atoms with Crippen LogP contribution in [0.25, 0.3) is 0 Å². The summed E-state index contributed by atoms with van der Waals surface area (Å²) in [7, 11) is -3.30. The minimum atomic E-state index is -3.30. The van der Waals surface area contributed by atoms with Crippen LogP contribution in [-0.2, 0) is 14.8 Å². The largest absolute Gasteiger partial charge is 0.493 e. The fourth-order valence-electron chi connectivity index (χ4n) is 4.31. The van der Waals surface area contributed by atoms with Crippen LogP contribution in [0.3, 0.4) is 0 Å². The summed E-state index contributed by atoms with van der Waals surface area (Å²) in [4.78, 5) is 0. The molecule has 158 valence electrons. The van der Waals surface area contributed by atoms with Crippen molar-refractivity contribution >= 4 is 10.0 Å². The molecule has 1 aromatic rings. The highest BCUT2D eigenvalue weighted by molar-refractivity contribution is 7.88. The maximum absolute atomic E-state index is 11.7. The van der Waals surface area contributed by atoms with Crippen molar-refractivity contribution in [1.82, 2.24) is 4.72 Å². The van der Waals surface area contributed by atoms with Gasteiger partial charge in [0.2, 0.25) is 10.0 Å². The molecule has 1 saturated carbocycles. The molecule has 1 aliphatic carbocycles. The Morgan fingerprint density at radius 2 is 1.79 bits per heavy atom. The molecule has 3 N–H and O–H groups in total. The number of rotatable bonds is 2. The van der Waals surface area contributed by atoms with E-state index in [1.54, 1.807) is 0 Å². The Morgan fingerprint density at radius 3 is 2.54 bits per heavy atom. The van der Waals surface area contributed by atoms with Gasteiger partial charge in [0.25, 0.3) is 0 Å². The Balaban J connectivity index is 1.69. The quantitative estimate of drug-likeness (QED) is 0.782. The molecule has 2 atom stereocenters. The normalized spacial score (nSPS) is 30.4. The number of ether oxygens (including phenoxy) is 2. The van der Waals surface area contributed by atoms with Gasteiger partial charge in [0, 0.05) is 12.1 Å². The van der Waals surface area contributed by atoms with Crippen LogP contribution in [0.15, 0.2) is 24.3 Å². The van der Waals surface area contributed by atoms with Gasteiger partial charge in [-0.05, 0) is 56.1 Å². The molecule has 4 rings (SSSR count). The summed E-state index contributed by atoms with van der Waals surface area (Å²) in [6.45, 7) is 1.08. The molecule has 7 heteroatoms. The number of hydrogen-bond acceptors (Lipinski definition) is 5. The van der Waals surface area contributed by atoms with Crippen LogP contribution in [0.2, 0.25) is 0 Å². The van der Waals surface area contributed by atoms with Crippen LogP contribution < -0.4 is 15.2 Å². The molecule has 6 nitrogen and oxygen atoms in total. The summed E-state index contributed by atoms with van der Waals surface area (Å²) in [5.74, 6) is 1.52. The van der Waals surface area contributed by atoms with E-state index in [1.165, 1.54) is 11.8 Å². The number of nitrogens with one attached hydrogen (secondary N) is 1. The van der Waals surface area contributed by atoms with E-state index < -0.39 is 10.0 Å². The lowest BCUT2D eigenvalue weighted by Gasteiger charge is -2.32. The predicted molar refractivity (Wildman–Crippen MR) is 111 cm³/mol. The van der Waals surface area contributed by atoms with Crippen LogP contribution in [0.4, 0.5) is 0 Å². The van der Waals surface area contributed by atoms with Crippen molar-refractivity contribution < 1.29 is 17.9 Å². The molecule has 2 aliphatic heterocycles. The Bertz CT molecular complexity index is 717. The molecule has 28 heavy (non-hydrogen) atoms. The lowest BCUT2D eigenvalue weighted by Crippen LogP contribution is -2.50. The SMILES string of the molecule is CS(=O)(=O)N[C@H]1CCCCCOc2ccccc2C2CCC(CC2)OC[C@@H]1N. The first-order chi connectivity index (χ1) is 13.4. The topological polar surface area (TPSA) is 90.7 Å². The van der Waals surface area contributed by atoms with Crippen molar-refractivity contribution in [3.63, 3.8) is 0 Å². The van der Waals surface area contributed by atoms with Crippen molar-refractivity contribution in [2.45, 2.75) is 75.5 Å². The highest BCUT2D eigenvalue weighted by Gasteiger charge is 2.27. The number of hydrogen-bond donors (Lipinski definition) is 2. The van der Waals surface area contributed by atoms with Crippen LogP contribution in [0, 0.1) is 0 Å². The van der Waals surface area contributed by atoms with Crippen molar-refractivity contribution in [3.05, 3.63) is 29.8 Å². The molecule has 0 aromatic heterocycles. The molecule has 0 spiro atoms. The first-order valence-electron chi connectivity index (χ1n) is 10.5. The molecule has 0 saturated heterocycles. The summed E-state index contributed by atoms with van der Waals surface area (Å²) in [6, 6.07) is 7.78. The number of fused-ring (bicyclic) bond motifs is 11. The Morgan fingerprint density at radius 1 is 1.04 bits per heavy atom. The predicted octanol–water partition coefficient (Wildman–Crippen LogP) is 2.93. The smallest absolute Gasteiger partial charge is 0.209 e. The number of nitrogens with two attached hydrogens (primary N) is 1. The van der Waals surface area contributed by atoms with Gasteiger partial charge in [-0.2, -0.15) is 0 Å². The van der Waals surface area contributed by atoms with E-state index in [1.807, 2.05) is 6.07 Å². The number of sulfonamides is 1. The van der Waals surface area contributed by atoms with Crippen molar-refractivity contribution in [2.75, 3.05) is 19.5 Å². The number of benzene rings is 1. The maximum atomic E-state index is 11.7. The van der Waals surface area contributed by atoms with E-state index in [0.717, 1.165) is 50.7 Å². The summed E-state index contributed by atoms with van der Waals surface area (Å²) < 4.78 is 38.3. The minimum absolute atomic E-state index is 0.196. The van der Waals surface area contributed by atoms with Crippen molar-refractivity contribution in [2.24, 2.45) is 5.73 Å². The molecule has 2 heterocycles. The minimum Gasteiger partial charge on any atom is -0.493 e. The third-order valence-corrected chi connectivity index (χ3v) is 6.59. The van der Waals surface area contributed by atoms with Gasteiger partial charge < -0.3 is 15.2 Å². The molecular formula is C21H34N2O4S. The van der Waals surface area contributed by atoms with E-state index in [9.17, 15) is 8.42 Å². The van der Waals surface area contributed by atoms with E-state index in [2.05, 4.69) is 22.9 Å². The summed E-state index contributed by atoms with van der Waals surface area (Å²) in [5, 5.41) is 0. The fraction of sp³-hybridized carbons (Fsp3) is 0.714. The van der Waals surface area contributed by atoms with Crippen LogP contribution in [0.5, 0.6) is 5.75 Å². The molecule has 0 radical (unpaired) electrons.